The number of carbonyl (C=O) groups excluding carboxylic acids is 1. The van der Waals surface area contributed by atoms with Crippen LogP contribution in [0.4, 0.5) is 0 Å². The zero-order chi connectivity index (χ0) is 20.7. The minimum atomic E-state index is -0.169. The normalized spacial score (nSPS) is 11.4. The van der Waals surface area contributed by atoms with Crippen LogP contribution in [0, 0.1) is 0 Å². The Kier molecular flexibility index (Phi) is 4.90. The Balaban J connectivity index is 1.65. The highest BCUT2D eigenvalue weighted by Gasteiger charge is 2.19. The van der Waals surface area contributed by atoms with Crippen LogP contribution in [0.25, 0.3) is 22.4 Å². The summed E-state index contributed by atoms with van der Waals surface area (Å²) in [4.78, 5) is 26.3. The third-order valence-corrected chi connectivity index (χ3v) is 6.79. The predicted octanol–water partition coefficient (Wildman–Crippen LogP) is 4.72. The number of nitrogens with zero attached hydrogens (tertiary/aromatic N) is 4. The third-order valence-electron chi connectivity index (χ3n) is 4.59. The Labute approximate surface area is 183 Å². The second-order valence-electron chi connectivity index (χ2n) is 6.43. The highest BCUT2D eigenvalue weighted by atomic mass is 35.5. The predicted molar refractivity (Wildman–Crippen MR) is 120 cm³/mol. The molecule has 0 aliphatic carbocycles. The fourth-order valence-corrected chi connectivity index (χ4v) is 5.14. The molecule has 3 aromatic heterocycles. The van der Waals surface area contributed by atoms with E-state index in [0.29, 0.717) is 36.7 Å². The Morgan fingerprint density at radius 2 is 1.77 bits per heavy atom. The molecule has 9 heteroatoms. The summed E-state index contributed by atoms with van der Waals surface area (Å²) in [7, 11) is 0. The van der Waals surface area contributed by atoms with Crippen molar-refractivity contribution in [1.29, 1.82) is 0 Å². The Bertz CT molecular complexity index is 1460. The second kappa shape index (κ2) is 7.71. The zero-order valence-corrected chi connectivity index (χ0v) is 17.7. The fourth-order valence-electron chi connectivity index (χ4n) is 3.25. The summed E-state index contributed by atoms with van der Waals surface area (Å²) < 4.78 is 3.94. The molecule has 0 radical (unpaired) electrons. The summed E-state index contributed by atoms with van der Waals surface area (Å²) in [5.74, 6) is 0.560. The summed E-state index contributed by atoms with van der Waals surface area (Å²) in [6.45, 7) is 0. The molecule has 0 amide bonds. The molecule has 0 N–H and O–H groups in total. The van der Waals surface area contributed by atoms with E-state index in [-0.39, 0.29) is 17.1 Å². The van der Waals surface area contributed by atoms with E-state index in [1.807, 2.05) is 52.9 Å². The van der Waals surface area contributed by atoms with Crippen molar-refractivity contribution in [3.8, 4) is 5.69 Å². The lowest BCUT2D eigenvalue weighted by atomic mass is 10.2. The molecule has 0 atom stereocenters. The molecule has 0 spiro atoms. The van der Waals surface area contributed by atoms with Crippen LogP contribution in [0.1, 0.15) is 9.67 Å². The molecule has 5 aromatic rings. The van der Waals surface area contributed by atoms with Crippen molar-refractivity contribution >= 4 is 57.2 Å². The number of carbonyl (C=O) groups is 1. The molecule has 148 valence electrons. The van der Waals surface area contributed by atoms with Gasteiger partial charge in [0.1, 0.15) is 0 Å². The van der Waals surface area contributed by atoms with Gasteiger partial charge in [0.25, 0.3) is 5.56 Å². The van der Waals surface area contributed by atoms with Gasteiger partial charge < -0.3 is 0 Å². The third kappa shape index (κ3) is 3.23. The molecule has 2 aromatic carbocycles. The minimum absolute atomic E-state index is 0.0330. The molecule has 0 aliphatic rings. The molecule has 0 bridgehead atoms. The maximum absolute atomic E-state index is 13.2. The van der Waals surface area contributed by atoms with Crippen LogP contribution in [-0.2, 0) is 0 Å². The van der Waals surface area contributed by atoms with Gasteiger partial charge in [0.15, 0.2) is 10.9 Å². The van der Waals surface area contributed by atoms with Crippen molar-refractivity contribution in [2.24, 2.45) is 0 Å². The first-order chi connectivity index (χ1) is 14.6. The van der Waals surface area contributed by atoms with Crippen molar-refractivity contribution in [2.75, 3.05) is 5.75 Å². The number of hydrogen-bond acceptors (Lipinski definition) is 6. The number of ketones is 1. The highest BCUT2D eigenvalue weighted by molar-refractivity contribution is 7.99. The standard InChI is InChI=1S/C21H13ClN4O2S2/c22-18-11-10-17(30-18)16(27)12-29-21-24-23-20-25(13-6-2-1-3-7-13)19(28)14-8-4-5-9-15(14)26(20)21/h1-11H,12H2. The van der Waals surface area contributed by atoms with Crippen molar-refractivity contribution in [3.63, 3.8) is 0 Å². The van der Waals surface area contributed by atoms with Gasteiger partial charge in [0.2, 0.25) is 5.78 Å². The van der Waals surface area contributed by atoms with Crippen LogP contribution in [0.5, 0.6) is 0 Å². The topological polar surface area (TPSA) is 69.3 Å². The molecule has 0 unspecified atom stereocenters. The van der Waals surface area contributed by atoms with E-state index in [2.05, 4.69) is 10.2 Å². The lowest BCUT2D eigenvalue weighted by Gasteiger charge is -2.11. The molecule has 6 nitrogen and oxygen atoms in total. The lowest BCUT2D eigenvalue weighted by Crippen LogP contribution is -2.21. The molecule has 30 heavy (non-hydrogen) atoms. The van der Waals surface area contributed by atoms with Gasteiger partial charge in [-0.1, -0.05) is 53.7 Å². The number of benzene rings is 2. The van der Waals surface area contributed by atoms with Crippen LogP contribution in [0.3, 0.4) is 0 Å². The number of Topliss-reactive ketones (excluding diaryl/α,β-unsaturated/α-hetero) is 1. The maximum atomic E-state index is 13.2. The van der Waals surface area contributed by atoms with Crippen LogP contribution < -0.4 is 5.56 Å². The van der Waals surface area contributed by atoms with Gasteiger partial charge in [-0.25, -0.2) is 4.57 Å². The van der Waals surface area contributed by atoms with E-state index in [1.54, 1.807) is 22.8 Å². The maximum Gasteiger partial charge on any atom is 0.267 e. The van der Waals surface area contributed by atoms with Gasteiger partial charge in [-0.15, -0.1) is 21.5 Å². The molecule has 0 fully saturated rings. The number of fused-ring (bicyclic) bond motifs is 3. The fraction of sp³-hybridized carbons (Fsp3) is 0.0476. The summed E-state index contributed by atoms with van der Waals surface area (Å²) in [5.41, 5.74) is 1.23. The molecule has 0 saturated heterocycles. The number of halogens is 1. The quantitative estimate of drug-likeness (QED) is 0.285. The number of thioether (sulfide) groups is 1. The number of para-hydroxylation sites is 2. The van der Waals surface area contributed by atoms with Gasteiger partial charge in [-0.3, -0.25) is 14.0 Å². The van der Waals surface area contributed by atoms with Crippen LogP contribution >= 0.6 is 34.7 Å². The Morgan fingerprint density at radius 3 is 2.53 bits per heavy atom. The first kappa shape index (κ1) is 19.0. The summed E-state index contributed by atoms with van der Waals surface area (Å²) in [6, 6.07) is 20.1. The van der Waals surface area contributed by atoms with E-state index in [0.717, 1.165) is 0 Å². The second-order valence-corrected chi connectivity index (χ2v) is 9.08. The van der Waals surface area contributed by atoms with Crippen LogP contribution in [0.2, 0.25) is 4.34 Å². The molecular formula is C21H13ClN4O2S2. The van der Waals surface area contributed by atoms with Gasteiger partial charge in [-0.2, -0.15) is 0 Å². The minimum Gasteiger partial charge on any atom is -0.292 e. The van der Waals surface area contributed by atoms with Crippen molar-refractivity contribution in [1.82, 2.24) is 19.2 Å². The Hall–Kier alpha value is -2.94. The van der Waals surface area contributed by atoms with E-state index < -0.39 is 0 Å². The van der Waals surface area contributed by atoms with Crippen molar-refractivity contribution < 1.29 is 4.79 Å². The first-order valence-corrected chi connectivity index (χ1v) is 11.2. The lowest BCUT2D eigenvalue weighted by molar-refractivity contribution is 0.102. The van der Waals surface area contributed by atoms with Gasteiger partial charge in [0, 0.05) is 0 Å². The summed E-state index contributed by atoms with van der Waals surface area (Å²) in [5, 5.41) is 9.66. The van der Waals surface area contributed by atoms with Crippen LogP contribution in [-0.4, -0.2) is 30.7 Å². The van der Waals surface area contributed by atoms with E-state index >= 15 is 0 Å². The summed E-state index contributed by atoms with van der Waals surface area (Å²) >= 11 is 8.48. The highest BCUT2D eigenvalue weighted by Crippen LogP contribution is 2.26. The number of thiophene rings is 1. The average Bonchev–Trinajstić information content (AvgIpc) is 3.39. The van der Waals surface area contributed by atoms with Gasteiger partial charge in [-0.05, 0) is 36.4 Å². The van der Waals surface area contributed by atoms with Crippen LogP contribution in [0.15, 0.2) is 76.7 Å². The van der Waals surface area contributed by atoms with Gasteiger partial charge >= 0.3 is 0 Å². The smallest absolute Gasteiger partial charge is 0.267 e. The van der Waals surface area contributed by atoms with Crippen molar-refractivity contribution in [3.05, 3.63) is 86.3 Å². The number of aromatic nitrogens is 4. The average molecular weight is 453 g/mol. The van der Waals surface area contributed by atoms with Gasteiger partial charge in [0.05, 0.1) is 31.6 Å². The molecule has 5 rings (SSSR count). The zero-order valence-electron chi connectivity index (χ0n) is 15.4. The number of hydrogen-bond donors (Lipinski definition) is 0. The molecule has 0 saturated carbocycles. The van der Waals surface area contributed by atoms with E-state index in [9.17, 15) is 9.59 Å². The SMILES string of the molecule is O=C(CSc1nnc2n(-c3ccccc3)c(=O)c3ccccc3n12)c1ccc(Cl)s1. The first-order valence-electron chi connectivity index (χ1n) is 8.99. The molecule has 3 heterocycles. The largest absolute Gasteiger partial charge is 0.292 e. The van der Waals surface area contributed by atoms with E-state index in [1.165, 1.54) is 23.1 Å². The van der Waals surface area contributed by atoms with Crippen molar-refractivity contribution in [2.45, 2.75) is 5.16 Å². The number of rotatable bonds is 5. The molecule has 0 aliphatic heterocycles. The molecular weight excluding hydrogens is 440 g/mol. The summed E-state index contributed by atoms with van der Waals surface area (Å²) in [6.07, 6.45) is 0. The van der Waals surface area contributed by atoms with E-state index in [4.69, 9.17) is 11.6 Å². The Morgan fingerprint density at radius 1 is 1.00 bits per heavy atom. The monoisotopic (exact) mass is 452 g/mol.